The minimum Gasteiger partial charge on any atom is -0.224 e. The number of hydrogen-bond acceptors (Lipinski definition) is 4. The number of rotatable bonds is 5. The predicted octanol–water partition coefficient (Wildman–Crippen LogP) is 2.67. The van der Waals surface area contributed by atoms with E-state index in [1.165, 1.54) is 35.6 Å². The molecule has 8 heteroatoms. The molecule has 2 aromatic rings. The summed E-state index contributed by atoms with van der Waals surface area (Å²) >= 11 is 3.33. The number of halogens is 1. The van der Waals surface area contributed by atoms with Crippen LogP contribution < -0.4 is 0 Å². The molecule has 0 saturated carbocycles. The molecule has 124 valence electrons. The highest BCUT2D eigenvalue weighted by Gasteiger charge is 2.21. The largest absolute Gasteiger partial charge is 0.243 e. The molecule has 2 aromatic carbocycles. The summed E-state index contributed by atoms with van der Waals surface area (Å²) in [6.45, 7) is 0.226. The second-order valence-corrected chi connectivity index (χ2v) is 10.1. The maximum atomic E-state index is 12.5. The Hall–Kier alpha value is -1.22. The first kappa shape index (κ1) is 18.1. The Morgan fingerprint density at radius 2 is 1.35 bits per heavy atom. The van der Waals surface area contributed by atoms with E-state index >= 15 is 0 Å². The molecule has 0 unspecified atom stereocenters. The third-order valence-electron chi connectivity index (χ3n) is 3.28. The molecule has 0 aliphatic rings. The Balaban J connectivity index is 2.25. The maximum Gasteiger partial charge on any atom is 0.243 e. The molecule has 5 nitrogen and oxygen atoms in total. The molecule has 0 aliphatic carbocycles. The van der Waals surface area contributed by atoms with Gasteiger partial charge in [-0.05, 0) is 42.0 Å². The Labute approximate surface area is 145 Å². The van der Waals surface area contributed by atoms with Crippen molar-refractivity contribution in [1.82, 2.24) is 4.31 Å². The van der Waals surface area contributed by atoms with Gasteiger partial charge in [-0.15, -0.1) is 0 Å². The molecule has 0 heterocycles. The van der Waals surface area contributed by atoms with E-state index in [0.29, 0.717) is 0 Å². The molecule has 0 radical (unpaired) electrons. The summed E-state index contributed by atoms with van der Waals surface area (Å²) in [6, 6.07) is 12.6. The van der Waals surface area contributed by atoms with E-state index in [-0.39, 0.29) is 16.3 Å². The van der Waals surface area contributed by atoms with E-state index in [4.69, 9.17) is 0 Å². The third kappa shape index (κ3) is 4.41. The number of benzene rings is 2. The van der Waals surface area contributed by atoms with Gasteiger partial charge in [-0.25, -0.2) is 16.8 Å². The quantitative estimate of drug-likeness (QED) is 0.749. The molecule has 2 rings (SSSR count). The second kappa shape index (κ2) is 6.72. The first-order chi connectivity index (χ1) is 10.6. The van der Waals surface area contributed by atoms with Crippen molar-refractivity contribution >= 4 is 35.8 Å². The third-order valence-corrected chi connectivity index (χ3v) is 6.75. The van der Waals surface area contributed by atoms with Crippen molar-refractivity contribution in [2.75, 3.05) is 13.3 Å². The summed E-state index contributed by atoms with van der Waals surface area (Å²) in [5, 5.41) is 0. The molecule has 0 N–H and O–H groups in total. The van der Waals surface area contributed by atoms with Gasteiger partial charge in [0.25, 0.3) is 0 Å². The summed E-state index contributed by atoms with van der Waals surface area (Å²) in [5.41, 5.74) is 0.854. The van der Waals surface area contributed by atoms with Crippen molar-refractivity contribution in [2.45, 2.75) is 16.3 Å². The van der Waals surface area contributed by atoms with E-state index in [0.717, 1.165) is 16.3 Å². The van der Waals surface area contributed by atoms with Crippen molar-refractivity contribution in [3.63, 3.8) is 0 Å². The average Bonchev–Trinajstić information content (AvgIpc) is 2.48. The summed E-state index contributed by atoms with van der Waals surface area (Å²) < 4.78 is 50.1. The standard InChI is InChI=1S/C15H16BrNO4S2/c1-17(11-12-3-5-13(16)6-4-12)23(20,21)15-9-7-14(8-10-15)22(2,18)19/h3-10H,11H2,1-2H3. The molecule has 0 aromatic heterocycles. The summed E-state index contributed by atoms with van der Waals surface area (Å²) in [6.07, 6.45) is 1.08. The van der Waals surface area contributed by atoms with Crippen molar-refractivity contribution in [1.29, 1.82) is 0 Å². The van der Waals surface area contributed by atoms with Crippen LogP contribution >= 0.6 is 15.9 Å². The van der Waals surface area contributed by atoms with Gasteiger partial charge in [-0.3, -0.25) is 0 Å². The lowest BCUT2D eigenvalue weighted by Crippen LogP contribution is -2.26. The molecule has 0 atom stereocenters. The van der Waals surface area contributed by atoms with Crippen LogP contribution in [0.3, 0.4) is 0 Å². The van der Waals surface area contributed by atoms with E-state index in [2.05, 4.69) is 15.9 Å². The first-order valence-electron chi connectivity index (χ1n) is 6.61. The molecule has 23 heavy (non-hydrogen) atoms. The molecule has 0 bridgehead atoms. The van der Waals surface area contributed by atoms with Crippen LogP contribution in [0.1, 0.15) is 5.56 Å². The van der Waals surface area contributed by atoms with Crippen LogP contribution in [0.5, 0.6) is 0 Å². The number of sulfone groups is 1. The highest BCUT2D eigenvalue weighted by Crippen LogP contribution is 2.20. The van der Waals surface area contributed by atoms with Gasteiger partial charge in [0, 0.05) is 24.3 Å². The molecule has 0 amide bonds. The van der Waals surface area contributed by atoms with Gasteiger partial charge >= 0.3 is 0 Å². The minimum atomic E-state index is -3.68. The highest BCUT2D eigenvalue weighted by atomic mass is 79.9. The Morgan fingerprint density at radius 3 is 1.83 bits per heavy atom. The predicted molar refractivity (Wildman–Crippen MR) is 92.3 cm³/mol. The van der Waals surface area contributed by atoms with Crippen molar-refractivity contribution in [2.24, 2.45) is 0 Å². The lowest BCUT2D eigenvalue weighted by atomic mass is 10.2. The van der Waals surface area contributed by atoms with Crippen LogP contribution in [0, 0.1) is 0 Å². The van der Waals surface area contributed by atoms with Crippen molar-refractivity contribution in [3.8, 4) is 0 Å². The Kier molecular flexibility index (Phi) is 5.30. The molecule has 0 fully saturated rings. The fraction of sp³-hybridized carbons (Fsp3) is 0.200. The van der Waals surface area contributed by atoms with Crippen LogP contribution in [-0.2, 0) is 26.4 Å². The summed E-state index contributed by atoms with van der Waals surface area (Å²) in [7, 11) is -5.55. The van der Waals surface area contributed by atoms with Crippen LogP contribution in [0.4, 0.5) is 0 Å². The van der Waals surface area contributed by atoms with Crippen molar-refractivity contribution in [3.05, 3.63) is 58.6 Å². The SMILES string of the molecule is CN(Cc1ccc(Br)cc1)S(=O)(=O)c1ccc(S(C)(=O)=O)cc1. The molecule has 0 aliphatic heterocycles. The highest BCUT2D eigenvalue weighted by molar-refractivity contribution is 9.10. The van der Waals surface area contributed by atoms with Gasteiger partial charge in [0.05, 0.1) is 9.79 Å². The maximum absolute atomic E-state index is 12.5. The topological polar surface area (TPSA) is 71.5 Å². The van der Waals surface area contributed by atoms with Crippen LogP contribution in [0.2, 0.25) is 0 Å². The zero-order chi connectivity index (χ0) is 17.3. The summed E-state index contributed by atoms with van der Waals surface area (Å²) in [4.78, 5) is 0.150. The smallest absolute Gasteiger partial charge is 0.224 e. The van der Waals surface area contributed by atoms with E-state index in [1.54, 1.807) is 0 Å². The lowest BCUT2D eigenvalue weighted by Gasteiger charge is -2.17. The van der Waals surface area contributed by atoms with Gasteiger partial charge in [0.2, 0.25) is 10.0 Å². The normalized spacial score (nSPS) is 12.5. The molecular weight excluding hydrogens is 402 g/mol. The Morgan fingerprint density at radius 1 is 0.870 bits per heavy atom. The first-order valence-corrected chi connectivity index (χ1v) is 10.7. The fourth-order valence-corrected chi connectivity index (χ4v) is 4.02. The van der Waals surface area contributed by atoms with E-state index in [1.807, 2.05) is 24.3 Å². The minimum absolute atomic E-state index is 0.0597. The molecular formula is C15H16BrNO4S2. The van der Waals surface area contributed by atoms with Crippen LogP contribution in [0.15, 0.2) is 62.8 Å². The zero-order valence-electron chi connectivity index (χ0n) is 12.6. The van der Waals surface area contributed by atoms with Gasteiger partial charge in [0.15, 0.2) is 9.84 Å². The number of sulfonamides is 1. The molecule has 0 saturated heterocycles. The van der Waals surface area contributed by atoms with E-state index < -0.39 is 19.9 Å². The second-order valence-electron chi connectivity index (χ2n) is 5.13. The van der Waals surface area contributed by atoms with Gasteiger partial charge in [-0.2, -0.15) is 4.31 Å². The van der Waals surface area contributed by atoms with Crippen LogP contribution in [-0.4, -0.2) is 34.4 Å². The number of nitrogens with zero attached hydrogens (tertiary/aromatic N) is 1. The monoisotopic (exact) mass is 417 g/mol. The van der Waals surface area contributed by atoms with Crippen molar-refractivity contribution < 1.29 is 16.8 Å². The molecule has 0 spiro atoms. The average molecular weight is 418 g/mol. The Bertz CT molecular complexity index is 889. The zero-order valence-corrected chi connectivity index (χ0v) is 15.8. The summed E-state index contributed by atoms with van der Waals surface area (Å²) in [5.74, 6) is 0. The lowest BCUT2D eigenvalue weighted by molar-refractivity contribution is 0.466. The van der Waals surface area contributed by atoms with E-state index in [9.17, 15) is 16.8 Å². The fourth-order valence-electron chi connectivity index (χ4n) is 1.97. The number of hydrogen-bond donors (Lipinski definition) is 0. The van der Waals surface area contributed by atoms with Gasteiger partial charge in [0.1, 0.15) is 0 Å². The van der Waals surface area contributed by atoms with Crippen LogP contribution in [0.25, 0.3) is 0 Å². The van der Waals surface area contributed by atoms with Gasteiger partial charge < -0.3 is 0 Å². The van der Waals surface area contributed by atoms with Gasteiger partial charge in [-0.1, -0.05) is 28.1 Å².